The van der Waals surface area contributed by atoms with Crippen LogP contribution in [-0.2, 0) is 32.1 Å². The van der Waals surface area contributed by atoms with E-state index in [2.05, 4.69) is 21.3 Å². The summed E-state index contributed by atoms with van der Waals surface area (Å²) in [7, 11) is 1.37. The van der Waals surface area contributed by atoms with Crippen molar-refractivity contribution in [2.45, 2.75) is 69.1 Å². The van der Waals surface area contributed by atoms with Crippen molar-refractivity contribution in [3.05, 3.63) is 125 Å². The zero-order valence-electron chi connectivity index (χ0n) is 34.2. The fraction of sp³-hybridized carbons (Fsp3) is 0.341. The Kier molecular flexibility index (Phi) is 15.3. The van der Waals surface area contributed by atoms with Crippen molar-refractivity contribution in [2.24, 2.45) is 5.92 Å². The van der Waals surface area contributed by atoms with Crippen molar-refractivity contribution >= 4 is 29.9 Å². The highest BCUT2D eigenvalue weighted by Crippen LogP contribution is 2.44. The minimum atomic E-state index is -5.03. The summed E-state index contributed by atoms with van der Waals surface area (Å²) < 4.78 is 79.4. The van der Waals surface area contributed by atoms with E-state index in [-0.39, 0.29) is 31.1 Å². The maximum absolute atomic E-state index is 15.2. The van der Waals surface area contributed by atoms with E-state index in [0.29, 0.717) is 16.9 Å². The Balaban J connectivity index is 1.41. The van der Waals surface area contributed by atoms with Gasteiger partial charge in [-0.15, -0.1) is 0 Å². The molecule has 63 heavy (non-hydrogen) atoms. The average molecular weight is 884 g/mol. The van der Waals surface area contributed by atoms with E-state index in [4.69, 9.17) is 14.6 Å². The molecule has 0 fully saturated rings. The normalized spacial score (nSPS) is 14.3. The SMILES string of the molecule is COc1ccc([C@H](NC(=O)[C@H](Cc2ccc(CNC(=O)O)cc2)NC(=O)OCC2c3ccccc3-c3ccccc32)C(=O)N[C@@H](C(C)C)[C@@H](O)C(F)(F)C(=O)NCC(F)(F)F)cc1. The van der Waals surface area contributed by atoms with Crippen molar-refractivity contribution in [3.8, 4) is 16.9 Å². The van der Waals surface area contributed by atoms with Crippen LogP contribution >= 0.6 is 0 Å². The van der Waals surface area contributed by atoms with E-state index >= 15 is 8.78 Å². The van der Waals surface area contributed by atoms with Gasteiger partial charge >= 0.3 is 24.3 Å². The Hall–Kier alpha value is -6.76. The molecule has 4 aromatic rings. The second-order valence-electron chi connectivity index (χ2n) is 15.1. The number of aliphatic hydroxyl groups is 1. The third-order valence-corrected chi connectivity index (χ3v) is 10.3. The van der Waals surface area contributed by atoms with Crippen LogP contribution in [0.2, 0.25) is 0 Å². The number of methoxy groups -OCH3 is 1. The maximum Gasteiger partial charge on any atom is 0.407 e. The molecule has 5 amide bonds. The predicted octanol–water partition coefficient (Wildman–Crippen LogP) is 5.59. The number of ether oxygens (including phenoxy) is 2. The van der Waals surface area contributed by atoms with Gasteiger partial charge in [-0.2, -0.15) is 22.0 Å². The van der Waals surface area contributed by atoms with E-state index in [1.54, 1.807) is 24.3 Å². The molecule has 0 saturated carbocycles. The zero-order valence-corrected chi connectivity index (χ0v) is 34.2. The molecule has 4 atom stereocenters. The van der Waals surface area contributed by atoms with Gasteiger partial charge in [0.05, 0.1) is 13.2 Å². The van der Waals surface area contributed by atoms with Gasteiger partial charge in [0.2, 0.25) is 11.8 Å². The van der Waals surface area contributed by atoms with Crippen LogP contribution in [0.4, 0.5) is 31.5 Å². The summed E-state index contributed by atoms with van der Waals surface area (Å²) in [6.07, 6.45) is -10.5. The number of benzene rings is 4. The van der Waals surface area contributed by atoms with E-state index in [0.717, 1.165) is 27.6 Å². The number of alkyl halides is 5. The van der Waals surface area contributed by atoms with Crippen LogP contribution < -0.4 is 31.3 Å². The molecule has 1 aliphatic carbocycles. The lowest BCUT2D eigenvalue weighted by Gasteiger charge is -2.33. The number of hydrogen-bond donors (Lipinski definition) is 7. The van der Waals surface area contributed by atoms with Gasteiger partial charge in [0.1, 0.15) is 37.1 Å². The third-order valence-electron chi connectivity index (χ3n) is 10.3. The highest BCUT2D eigenvalue weighted by Gasteiger charge is 2.52. The van der Waals surface area contributed by atoms with Gasteiger partial charge in [-0.25, -0.2) is 9.59 Å². The molecular weight excluding hydrogens is 838 g/mol. The Morgan fingerprint density at radius 1 is 0.730 bits per heavy atom. The maximum atomic E-state index is 15.2. The largest absolute Gasteiger partial charge is 0.497 e. The molecule has 0 radical (unpaired) electrons. The number of carbonyl (C=O) groups is 5. The molecule has 5 rings (SSSR count). The minimum Gasteiger partial charge on any atom is -0.497 e. The summed E-state index contributed by atoms with van der Waals surface area (Å²) in [6.45, 7) is 0.364. The Morgan fingerprint density at radius 2 is 1.30 bits per heavy atom. The summed E-state index contributed by atoms with van der Waals surface area (Å²) >= 11 is 0. The molecule has 0 unspecified atom stereocenters. The van der Waals surface area contributed by atoms with Gasteiger partial charge < -0.3 is 46.3 Å². The summed E-state index contributed by atoms with van der Waals surface area (Å²) in [5.41, 5.74) is 4.94. The Morgan fingerprint density at radius 3 is 1.84 bits per heavy atom. The Bertz CT molecular complexity index is 2210. The third kappa shape index (κ3) is 12.2. The summed E-state index contributed by atoms with van der Waals surface area (Å²) in [6, 6.07) is 22.1. The lowest BCUT2D eigenvalue weighted by atomic mass is 9.92. The van der Waals surface area contributed by atoms with E-state index in [9.17, 15) is 42.3 Å². The fourth-order valence-corrected chi connectivity index (χ4v) is 7.05. The highest BCUT2D eigenvalue weighted by atomic mass is 19.4. The quantitative estimate of drug-likeness (QED) is 0.0622. The fourth-order valence-electron chi connectivity index (χ4n) is 7.05. The second kappa shape index (κ2) is 20.4. The summed E-state index contributed by atoms with van der Waals surface area (Å²) in [5, 5.41) is 30.3. The lowest BCUT2D eigenvalue weighted by Crippen LogP contribution is -2.61. The number of alkyl carbamates (subject to hydrolysis) is 1. The van der Waals surface area contributed by atoms with E-state index in [1.807, 2.05) is 48.5 Å². The monoisotopic (exact) mass is 883 g/mol. The first-order valence-corrected chi connectivity index (χ1v) is 19.6. The smallest absolute Gasteiger partial charge is 0.407 e. The van der Waals surface area contributed by atoms with Crippen molar-refractivity contribution in [1.82, 2.24) is 26.6 Å². The standard InChI is InChI=1S/C44H46F5N5O9/c1-24(2)35(37(55)44(48,49)40(58)51-23-43(45,46)47)53-39(57)36(27-16-18-28(62-3)19-17-27)54-38(56)34(20-25-12-14-26(15-13-25)21-50-41(59)60)52-42(61)63-22-33-31-10-6-4-8-29(31)30-9-5-7-11-32(30)33/h4-19,24,33-37,50,55H,20-23H2,1-3H3,(H,51,58)(H,52,61)(H,53,57)(H,54,56)(H,59,60)/t34-,35-,36-,37+/m0/s1. The van der Waals surface area contributed by atoms with Crippen LogP contribution in [0.25, 0.3) is 11.1 Å². The molecule has 14 nitrogen and oxygen atoms in total. The van der Waals surface area contributed by atoms with Crippen LogP contribution in [0.15, 0.2) is 97.1 Å². The molecule has 0 saturated heterocycles. The van der Waals surface area contributed by atoms with Gasteiger partial charge in [-0.3, -0.25) is 14.4 Å². The van der Waals surface area contributed by atoms with Crippen LogP contribution in [0.5, 0.6) is 5.75 Å². The molecular formula is C44H46F5N5O9. The van der Waals surface area contributed by atoms with Gasteiger partial charge in [-0.05, 0) is 57.0 Å². The van der Waals surface area contributed by atoms with Crippen molar-refractivity contribution < 1.29 is 65.6 Å². The molecule has 1 aliphatic rings. The molecule has 0 aromatic heterocycles. The number of nitrogens with one attached hydrogen (secondary N) is 5. The molecule has 0 aliphatic heterocycles. The number of amides is 5. The number of aliphatic hydroxyl groups excluding tert-OH is 1. The predicted molar refractivity (Wildman–Crippen MR) is 218 cm³/mol. The van der Waals surface area contributed by atoms with Crippen LogP contribution in [0.3, 0.4) is 0 Å². The molecule has 19 heteroatoms. The number of fused-ring (bicyclic) bond motifs is 3. The van der Waals surface area contributed by atoms with Crippen molar-refractivity contribution in [2.75, 3.05) is 20.3 Å². The number of carboxylic acid groups (broad SMARTS) is 1. The number of halogens is 5. The first kappa shape index (κ1) is 47.3. The molecule has 4 aromatic carbocycles. The van der Waals surface area contributed by atoms with Crippen LogP contribution in [0.1, 0.15) is 53.6 Å². The van der Waals surface area contributed by atoms with Gasteiger partial charge in [0.25, 0.3) is 5.91 Å². The van der Waals surface area contributed by atoms with Gasteiger partial charge in [0, 0.05) is 18.9 Å². The topological polar surface area (TPSA) is 204 Å². The molecule has 7 N–H and O–H groups in total. The Labute approximate surface area is 358 Å². The van der Waals surface area contributed by atoms with Crippen molar-refractivity contribution in [1.29, 1.82) is 0 Å². The summed E-state index contributed by atoms with van der Waals surface area (Å²) in [5.74, 6) is -10.4. The number of carbonyl (C=O) groups excluding carboxylic acids is 4. The second-order valence-corrected chi connectivity index (χ2v) is 15.1. The molecule has 0 heterocycles. The molecule has 0 spiro atoms. The van der Waals surface area contributed by atoms with Crippen LogP contribution in [0, 0.1) is 5.92 Å². The number of rotatable bonds is 18. The summed E-state index contributed by atoms with van der Waals surface area (Å²) in [4.78, 5) is 65.1. The number of hydrogen-bond acceptors (Lipinski definition) is 8. The lowest BCUT2D eigenvalue weighted by molar-refractivity contribution is -0.175. The van der Waals surface area contributed by atoms with Gasteiger partial charge in [-0.1, -0.05) is 98.8 Å². The zero-order chi connectivity index (χ0) is 46.1. The van der Waals surface area contributed by atoms with E-state index < -0.39 is 78.7 Å². The first-order chi connectivity index (χ1) is 29.8. The first-order valence-electron chi connectivity index (χ1n) is 19.6. The van der Waals surface area contributed by atoms with Gasteiger partial charge in [0.15, 0.2) is 0 Å². The van der Waals surface area contributed by atoms with Crippen LogP contribution in [-0.4, -0.2) is 90.7 Å². The van der Waals surface area contributed by atoms with E-state index in [1.165, 1.54) is 45.2 Å². The molecule has 0 bridgehead atoms. The molecule has 336 valence electrons. The average Bonchev–Trinajstić information content (AvgIpc) is 3.57. The van der Waals surface area contributed by atoms with Crippen molar-refractivity contribution in [3.63, 3.8) is 0 Å². The minimum absolute atomic E-state index is 0.0214. The highest BCUT2D eigenvalue weighted by molar-refractivity contribution is 5.92.